The maximum absolute atomic E-state index is 13.3. The molecule has 0 bridgehead atoms. The number of methoxy groups -OCH3 is 1. The van der Waals surface area contributed by atoms with Crippen LogP contribution in [0.15, 0.2) is 18.2 Å². The molecule has 0 heterocycles. The van der Waals surface area contributed by atoms with Crippen LogP contribution in [0.5, 0.6) is 0 Å². The number of halogens is 2. The van der Waals surface area contributed by atoms with E-state index in [0.29, 0.717) is 17.9 Å². The minimum absolute atomic E-state index is 0.204. The summed E-state index contributed by atoms with van der Waals surface area (Å²) in [6, 6.07) is 3.77. The second-order valence-corrected chi connectivity index (χ2v) is 6.01. The molecule has 0 aromatic heterocycles. The average molecular weight is 283 g/mol. The van der Waals surface area contributed by atoms with E-state index in [0.717, 1.165) is 31.7 Å². The van der Waals surface area contributed by atoms with Crippen LogP contribution in [-0.4, -0.2) is 18.8 Å². The fourth-order valence-corrected chi connectivity index (χ4v) is 3.08. The van der Waals surface area contributed by atoms with Crippen molar-refractivity contribution in [3.05, 3.63) is 35.4 Å². The molecule has 0 spiro atoms. The molecule has 1 unspecified atom stereocenters. The van der Waals surface area contributed by atoms with Gasteiger partial charge in [-0.1, -0.05) is 13.0 Å². The minimum Gasteiger partial charge on any atom is -0.377 e. The molecule has 1 aliphatic rings. The van der Waals surface area contributed by atoms with Crippen molar-refractivity contribution in [1.82, 2.24) is 0 Å². The van der Waals surface area contributed by atoms with Crippen LogP contribution in [0.1, 0.15) is 38.2 Å². The molecule has 1 aromatic carbocycles. The van der Waals surface area contributed by atoms with Crippen LogP contribution in [0.2, 0.25) is 0 Å². The molecule has 1 fully saturated rings. The van der Waals surface area contributed by atoms with Gasteiger partial charge in [0.15, 0.2) is 11.6 Å². The second kappa shape index (κ2) is 6.19. The van der Waals surface area contributed by atoms with Crippen LogP contribution >= 0.6 is 0 Å². The summed E-state index contributed by atoms with van der Waals surface area (Å²) in [7, 11) is 1.70. The van der Waals surface area contributed by atoms with E-state index in [1.807, 2.05) is 0 Å². The van der Waals surface area contributed by atoms with E-state index >= 15 is 0 Å². The van der Waals surface area contributed by atoms with Crippen molar-refractivity contribution >= 4 is 0 Å². The summed E-state index contributed by atoms with van der Waals surface area (Å²) in [4.78, 5) is 0. The van der Waals surface area contributed by atoms with Crippen LogP contribution in [0.25, 0.3) is 0 Å². The quantitative estimate of drug-likeness (QED) is 0.919. The number of hydrogen-bond acceptors (Lipinski definition) is 2. The Morgan fingerprint density at radius 1 is 1.30 bits per heavy atom. The van der Waals surface area contributed by atoms with E-state index in [1.54, 1.807) is 13.2 Å². The lowest BCUT2D eigenvalue weighted by Crippen LogP contribution is -2.52. The third-order valence-corrected chi connectivity index (χ3v) is 4.64. The summed E-state index contributed by atoms with van der Waals surface area (Å²) < 4.78 is 31.9. The number of benzene rings is 1. The minimum atomic E-state index is -0.824. The Bertz CT molecular complexity index is 456. The molecule has 0 aliphatic heterocycles. The molecule has 0 amide bonds. The van der Waals surface area contributed by atoms with Crippen molar-refractivity contribution in [2.75, 3.05) is 7.11 Å². The highest BCUT2D eigenvalue weighted by Gasteiger charge is 2.39. The second-order valence-electron chi connectivity index (χ2n) is 6.01. The van der Waals surface area contributed by atoms with Crippen molar-refractivity contribution in [3.63, 3.8) is 0 Å². The molecule has 0 saturated heterocycles. The van der Waals surface area contributed by atoms with Gasteiger partial charge in [-0.15, -0.1) is 0 Å². The summed E-state index contributed by atoms with van der Waals surface area (Å²) in [5.74, 6) is -0.942. The summed E-state index contributed by atoms with van der Waals surface area (Å²) in [6.45, 7) is 2.24. The maximum atomic E-state index is 13.3. The predicted octanol–water partition coefficient (Wildman–Crippen LogP) is 3.43. The van der Waals surface area contributed by atoms with Crippen LogP contribution in [0.3, 0.4) is 0 Å². The first-order chi connectivity index (χ1) is 9.47. The van der Waals surface area contributed by atoms with E-state index < -0.39 is 11.6 Å². The molecule has 4 heteroatoms. The topological polar surface area (TPSA) is 35.2 Å². The van der Waals surface area contributed by atoms with Crippen molar-refractivity contribution in [3.8, 4) is 0 Å². The Morgan fingerprint density at radius 3 is 2.50 bits per heavy atom. The first kappa shape index (κ1) is 15.4. The Balaban J connectivity index is 2.09. The van der Waals surface area contributed by atoms with E-state index in [-0.39, 0.29) is 11.6 Å². The number of rotatable bonds is 4. The first-order valence-corrected chi connectivity index (χ1v) is 7.21. The molecule has 20 heavy (non-hydrogen) atoms. The zero-order chi connectivity index (χ0) is 14.8. The lowest BCUT2D eigenvalue weighted by atomic mass is 9.74. The molecule has 1 aromatic rings. The van der Waals surface area contributed by atoms with Crippen molar-refractivity contribution in [2.45, 2.75) is 50.7 Å². The smallest absolute Gasteiger partial charge is 0.159 e. The highest BCUT2D eigenvalue weighted by Crippen LogP contribution is 2.37. The highest BCUT2D eigenvalue weighted by atomic mass is 19.2. The highest BCUT2D eigenvalue weighted by molar-refractivity contribution is 5.20. The van der Waals surface area contributed by atoms with Gasteiger partial charge in [-0.2, -0.15) is 0 Å². The summed E-state index contributed by atoms with van der Waals surface area (Å²) in [5, 5.41) is 0. The van der Waals surface area contributed by atoms with E-state index in [2.05, 4.69) is 6.92 Å². The Labute approximate surface area is 119 Å². The van der Waals surface area contributed by atoms with E-state index in [9.17, 15) is 8.78 Å². The monoisotopic (exact) mass is 283 g/mol. The number of hydrogen-bond donors (Lipinski definition) is 1. The largest absolute Gasteiger partial charge is 0.377 e. The molecule has 2 nitrogen and oxygen atoms in total. The zero-order valence-electron chi connectivity index (χ0n) is 12.2. The molecular formula is C16H23F2NO. The third-order valence-electron chi connectivity index (χ3n) is 4.64. The van der Waals surface area contributed by atoms with Crippen LogP contribution < -0.4 is 5.73 Å². The lowest BCUT2D eigenvalue weighted by Gasteiger charge is -2.42. The van der Waals surface area contributed by atoms with Gasteiger partial charge < -0.3 is 10.5 Å². The van der Waals surface area contributed by atoms with Gasteiger partial charge in [0, 0.05) is 13.2 Å². The maximum Gasteiger partial charge on any atom is 0.159 e. The summed E-state index contributed by atoms with van der Waals surface area (Å²) >= 11 is 0. The molecule has 1 saturated carbocycles. The SMILES string of the molecule is COC1(C(N)Cc2ccc(F)c(F)c2)CCC(C)CC1. The standard InChI is InChI=1S/C16H23F2NO/c1-11-5-7-16(20-2,8-6-11)15(19)10-12-3-4-13(17)14(18)9-12/h3-4,9,11,15H,5-8,10,19H2,1-2H3. The summed E-state index contributed by atoms with van der Waals surface area (Å²) in [5.41, 5.74) is 6.70. The molecule has 112 valence electrons. The fourth-order valence-electron chi connectivity index (χ4n) is 3.08. The summed E-state index contributed by atoms with van der Waals surface area (Å²) in [6.07, 6.45) is 4.54. The van der Waals surface area contributed by atoms with Gasteiger partial charge in [0.2, 0.25) is 0 Å². The Hall–Kier alpha value is -1.00. The van der Waals surface area contributed by atoms with Crippen molar-refractivity contribution in [1.29, 1.82) is 0 Å². The van der Waals surface area contributed by atoms with Crippen LogP contribution in [0.4, 0.5) is 8.78 Å². The van der Waals surface area contributed by atoms with Gasteiger partial charge in [-0.25, -0.2) is 8.78 Å². The van der Waals surface area contributed by atoms with Gasteiger partial charge in [-0.05, 0) is 55.7 Å². The number of nitrogens with two attached hydrogens (primary N) is 1. The zero-order valence-corrected chi connectivity index (χ0v) is 12.2. The third kappa shape index (κ3) is 3.18. The molecule has 2 rings (SSSR count). The van der Waals surface area contributed by atoms with Crippen molar-refractivity contribution in [2.24, 2.45) is 11.7 Å². The van der Waals surface area contributed by atoms with Crippen LogP contribution in [-0.2, 0) is 11.2 Å². The van der Waals surface area contributed by atoms with Gasteiger partial charge in [0.1, 0.15) is 0 Å². The molecule has 1 aliphatic carbocycles. The van der Waals surface area contributed by atoms with Gasteiger partial charge in [0.05, 0.1) is 5.60 Å². The first-order valence-electron chi connectivity index (χ1n) is 7.21. The Morgan fingerprint density at radius 2 is 1.95 bits per heavy atom. The molecule has 0 radical (unpaired) electrons. The van der Waals surface area contributed by atoms with Gasteiger partial charge in [-0.3, -0.25) is 0 Å². The van der Waals surface area contributed by atoms with Gasteiger partial charge >= 0.3 is 0 Å². The van der Waals surface area contributed by atoms with E-state index in [1.165, 1.54) is 6.07 Å². The normalized spacial score (nSPS) is 28.4. The van der Waals surface area contributed by atoms with Gasteiger partial charge in [0.25, 0.3) is 0 Å². The molecular weight excluding hydrogens is 260 g/mol. The van der Waals surface area contributed by atoms with Crippen LogP contribution in [0, 0.1) is 17.6 Å². The number of ether oxygens (including phenoxy) is 1. The van der Waals surface area contributed by atoms with Crippen molar-refractivity contribution < 1.29 is 13.5 Å². The Kier molecular flexibility index (Phi) is 4.76. The van der Waals surface area contributed by atoms with E-state index in [4.69, 9.17) is 10.5 Å². The lowest BCUT2D eigenvalue weighted by molar-refractivity contribution is -0.0659. The average Bonchev–Trinajstić information content (AvgIpc) is 2.44. The fraction of sp³-hybridized carbons (Fsp3) is 0.625. The molecule has 1 atom stereocenters. The predicted molar refractivity (Wildman–Crippen MR) is 75.4 cm³/mol. The molecule has 2 N–H and O–H groups in total.